The Morgan fingerprint density at radius 2 is 2.25 bits per heavy atom. The number of nitrogens with zero attached hydrogens (tertiary/aromatic N) is 1. The van der Waals surface area contributed by atoms with Crippen LogP contribution in [0.25, 0.3) is 0 Å². The van der Waals surface area contributed by atoms with Crippen LogP contribution in [0.15, 0.2) is 16.7 Å². The zero-order valence-electron chi connectivity index (χ0n) is 9.03. The van der Waals surface area contributed by atoms with Crippen LogP contribution in [0.5, 0.6) is 0 Å². The minimum atomic E-state index is -0.910. The van der Waals surface area contributed by atoms with Gasteiger partial charge in [0, 0.05) is 24.3 Å². The Balaban J connectivity index is 2.64. The second-order valence-corrected chi connectivity index (χ2v) is 4.57. The molecule has 1 amide bonds. The maximum Gasteiger partial charge on any atom is 0.308 e. The summed E-state index contributed by atoms with van der Waals surface area (Å²) in [5, 5.41) is 8.73. The van der Waals surface area contributed by atoms with E-state index < -0.39 is 11.9 Å². The third kappa shape index (κ3) is 3.10. The van der Waals surface area contributed by atoms with Crippen molar-refractivity contribution >= 4 is 27.8 Å². The van der Waals surface area contributed by atoms with E-state index >= 15 is 0 Å². The Morgan fingerprint density at radius 1 is 1.62 bits per heavy atom. The van der Waals surface area contributed by atoms with E-state index in [1.165, 1.54) is 4.90 Å². The van der Waals surface area contributed by atoms with E-state index in [0.717, 1.165) is 4.47 Å². The van der Waals surface area contributed by atoms with Crippen molar-refractivity contribution in [2.24, 2.45) is 5.92 Å². The quantitative estimate of drug-likeness (QED) is 0.883. The third-order valence-electron chi connectivity index (χ3n) is 2.19. The monoisotopic (exact) mass is 288 g/mol. The molecule has 1 unspecified atom stereocenters. The van der Waals surface area contributed by atoms with Crippen LogP contribution in [-0.2, 0) is 4.79 Å². The fraction of sp³-hybridized carbons (Fsp3) is 0.400. The topological polar surface area (TPSA) is 73.4 Å². The molecule has 0 bridgehead atoms. The number of carboxylic acids is 1. The predicted molar refractivity (Wildman–Crippen MR) is 62.3 cm³/mol. The van der Waals surface area contributed by atoms with Gasteiger partial charge in [-0.15, -0.1) is 0 Å². The van der Waals surface area contributed by atoms with Gasteiger partial charge in [-0.2, -0.15) is 0 Å². The first kappa shape index (κ1) is 12.8. The molecule has 1 rings (SSSR count). The maximum absolute atomic E-state index is 11.8. The molecule has 0 spiro atoms. The summed E-state index contributed by atoms with van der Waals surface area (Å²) in [4.78, 5) is 26.6. The maximum atomic E-state index is 11.8. The number of rotatable bonds is 4. The summed E-state index contributed by atoms with van der Waals surface area (Å²) < 4.78 is 0.788. The molecule has 0 aliphatic carbocycles. The number of hydrogen-bond donors (Lipinski definition) is 2. The first-order valence-electron chi connectivity index (χ1n) is 4.74. The van der Waals surface area contributed by atoms with Gasteiger partial charge in [-0.1, -0.05) is 6.92 Å². The lowest BCUT2D eigenvalue weighted by atomic mass is 10.2. The van der Waals surface area contributed by atoms with Gasteiger partial charge < -0.3 is 15.0 Å². The molecule has 0 fully saturated rings. The summed E-state index contributed by atoms with van der Waals surface area (Å²) >= 11 is 3.23. The summed E-state index contributed by atoms with van der Waals surface area (Å²) in [6.07, 6.45) is 1.65. The van der Waals surface area contributed by atoms with Gasteiger partial charge in [0.15, 0.2) is 0 Å². The average molecular weight is 289 g/mol. The van der Waals surface area contributed by atoms with E-state index in [4.69, 9.17) is 5.11 Å². The SMILES string of the molecule is CC(CN(C)C(=O)c1cc(Br)c[nH]1)C(=O)O. The van der Waals surface area contributed by atoms with Crippen LogP contribution >= 0.6 is 15.9 Å². The summed E-state index contributed by atoms with van der Waals surface area (Å²) in [6, 6.07) is 1.66. The van der Waals surface area contributed by atoms with Crippen molar-refractivity contribution in [2.45, 2.75) is 6.92 Å². The molecule has 0 aromatic carbocycles. The van der Waals surface area contributed by atoms with Gasteiger partial charge >= 0.3 is 5.97 Å². The van der Waals surface area contributed by atoms with E-state index in [2.05, 4.69) is 20.9 Å². The van der Waals surface area contributed by atoms with E-state index in [1.54, 1.807) is 26.2 Å². The van der Waals surface area contributed by atoms with Gasteiger partial charge in [0.1, 0.15) is 5.69 Å². The van der Waals surface area contributed by atoms with Crippen LogP contribution in [0.4, 0.5) is 0 Å². The third-order valence-corrected chi connectivity index (χ3v) is 2.65. The number of hydrogen-bond acceptors (Lipinski definition) is 2. The number of aromatic nitrogens is 1. The van der Waals surface area contributed by atoms with Gasteiger partial charge in [-0.3, -0.25) is 9.59 Å². The molecule has 1 atom stereocenters. The number of aromatic amines is 1. The molecule has 0 aliphatic rings. The summed E-state index contributed by atoms with van der Waals surface area (Å²) in [7, 11) is 1.58. The second-order valence-electron chi connectivity index (χ2n) is 3.66. The van der Waals surface area contributed by atoms with Gasteiger partial charge in [-0.25, -0.2) is 0 Å². The zero-order chi connectivity index (χ0) is 12.3. The summed E-state index contributed by atoms with van der Waals surface area (Å²) in [5.41, 5.74) is 0.437. The lowest BCUT2D eigenvalue weighted by molar-refractivity contribution is -0.141. The van der Waals surface area contributed by atoms with Crippen molar-refractivity contribution < 1.29 is 14.7 Å². The van der Waals surface area contributed by atoms with Crippen molar-refractivity contribution in [1.82, 2.24) is 9.88 Å². The lowest BCUT2D eigenvalue weighted by Crippen LogP contribution is -2.33. The fourth-order valence-electron chi connectivity index (χ4n) is 1.27. The molecule has 2 N–H and O–H groups in total. The standard InChI is InChI=1S/C10H13BrN2O3/c1-6(10(15)16)5-13(2)9(14)8-3-7(11)4-12-8/h3-4,6,12H,5H2,1-2H3,(H,15,16). The summed E-state index contributed by atoms with van der Waals surface area (Å²) in [6.45, 7) is 1.75. The van der Waals surface area contributed by atoms with Gasteiger partial charge in [0.25, 0.3) is 5.91 Å². The Kier molecular flexibility index (Phi) is 4.12. The number of nitrogens with one attached hydrogen (secondary N) is 1. The molecule has 0 saturated carbocycles. The van der Waals surface area contributed by atoms with E-state index in [9.17, 15) is 9.59 Å². The van der Waals surface area contributed by atoms with Crippen LogP contribution < -0.4 is 0 Å². The molecule has 1 aromatic heterocycles. The number of H-pyrrole nitrogens is 1. The lowest BCUT2D eigenvalue weighted by Gasteiger charge is -2.18. The van der Waals surface area contributed by atoms with Crippen molar-refractivity contribution in [1.29, 1.82) is 0 Å². The zero-order valence-corrected chi connectivity index (χ0v) is 10.6. The van der Waals surface area contributed by atoms with Gasteiger partial charge in [0.05, 0.1) is 5.92 Å². The van der Waals surface area contributed by atoms with Crippen molar-refractivity contribution in [3.05, 3.63) is 22.4 Å². The Morgan fingerprint density at radius 3 is 2.69 bits per heavy atom. The number of halogens is 1. The molecule has 0 aliphatic heterocycles. The van der Waals surface area contributed by atoms with E-state index in [1.807, 2.05) is 0 Å². The molecule has 6 heteroatoms. The van der Waals surface area contributed by atoms with Crippen LogP contribution in [0.3, 0.4) is 0 Å². The summed E-state index contributed by atoms with van der Waals surface area (Å²) in [5.74, 6) is -1.71. The second kappa shape index (κ2) is 5.16. The highest BCUT2D eigenvalue weighted by Crippen LogP contribution is 2.12. The number of aliphatic carboxylic acids is 1. The highest BCUT2D eigenvalue weighted by Gasteiger charge is 2.19. The molecular formula is C10H13BrN2O3. The molecule has 5 nitrogen and oxygen atoms in total. The molecule has 0 saturated heterocycles. The van der Waals surface area contributed by atoms with Gasteiger partial charge in [0.2, 0.25) is 0 Å². The minimum absolute atomic E-state index is 0.185. The Hall–Kier alpha value is -1.30. The van der Waals surface area contributed by atoms with Crippen molar-refractivity contribution in [3.63, 3.8) is 0 Å². The van der Waals surface area contributed by atoms with Crippen molar-refractivity contribution in [3.8, 4) is 0 Å². The van der Waals surface area contributed by atoms with Crippen LogP contribution in [-0.4, -0.2) is 40.5 Å². The molecule has 0 radical (unpaired) electrons. The normalized spacial score (nSPS) is 12.2. The van der Waals surface area contributed by atoms with Crippen LogP contribution in [0, 0.1) is 5.92 Å². The van der Waals surface area contributed by atoms with Crippen LogP contribution in [0.1, 0.15) is 17.4 Å². The first-order valence-corrected chi connectivity index (χ1v) is 5.53. The highest BCUT2D eigenvalue weighted by molar-refractivity contribution is 9.10. The average Bonchev–Trinajstić information content (AvgIpc) is 2.63. The van der Waals surface area contributed by atoms with Crippen molar-refractivity contribution in [2.75, 3.05) is 13.6 Å². The van der Waals surface area contributed by atoms with Crippen LogP contribution in [0.2, 0.25) is 0 Å². The number of carbonyl (C=O) groups excluding carboxylic acids is 1. The molecule has 1 heterocycles. The highest BCUT2D eigenvalue weighted by atomic mass is 79.9. The molecular weight excluding hydrogens is 276 g/mol. The van der Waals surface area contributed by atoms with Gasteiger partial charge in [-0.05, 0) is 22.0 Å². The first-order chi connectivity index (χ1) is 7.41. The van der Waals surface area contributed by atoms with E-state index in [-0.39, 0.29) is 12.5 Å². The largest absolute Gasteiger partial charge is 0.481 e. The predicted octanol–water partition coefficient (Wildman–Crippen LogP) is 1.57. The number of carboxylic acid groups (broad SMARTS) is 1. The van der Waals surface area contributed by atoms with E-state index in [0.29, 0.717) is 5.69 Å². The fourth-order valence-corrected chi connectivity index (χ4v) is 1.61. The molecule has 1 aromatic rings. The number of carbonyl (C=O) groups is 2. The Labute approximate surface area is 102 Å². The Bertz CT molecular complexity index is 403. The number of amides is 1. The minimum Gasteiger partial charge on any atom is -0.481 e. The molecule has 88 valence electrons. The molecule has 16 heavy (non-hydrogen) atoms. The smallest absolute Gasteiger partial charge is 0.308 e.